The van der Waals surface area contributed by atoms with Gasteiger partial charge in [-0.05, 0) is 42.5 Å². The highest BCUT2D eigenvalue weighted by molar-refractivity contribution is 7.99. The summed E-state index contributed by atoms with van der Waals surface area (Å²) in [6, 6.07) is 23.7. The normalized spacial score (nSPS) is 10.3. The molecule has 0 bridgehead atoms. The highest BCUT2D eigenvalue weighted by Crippen LogP contribution is 2.35. The maximum absolute atomic E-state index is 11.1. The zero-order valence-electron chi connectivity index (χ0n) is 13.9. The Kier molecular flexibility index (Phi) is 6.11. The molecule has 0 aromatic heterocycles. The van der Waals surface area contributed by atoms with Crippen LogP contribution in [-0.2, 0) is 0 Å². The summed E-state index contributed by atoms with van der Waals surface area (Å²) >= 11 is 1.35. The number of rotatable bonds is 8. The highest BCUT2D eigenvalue weighted by atomic mass is 32.2. The molecule has 0 heterocycles. The number of hydrogen-bond donors (Lipinski definition) is 0. The van der Waals surface area contributed by atoms with E-state index in [-0.39, 0.29) is 10.6 Å². The summed E-state index contributed by atoms with van der Waals surface area (Å²) in [5.41, 5.74) is 0.107. The third-order valence-electron chi connectivity index (χ3n) is 3.48. The fourth-order valence-electron chi connectivity index (χ4n) is 2.26. The summed E-state index contributed by atoms with van der Waals surface area (Å²) in [5.74, 6) is 1.54. The molecular formula is C20H17NO4S. The van der Waals surface area contributed by atoms with Gasteiger partial charge in [0.1, 0.15) is 24.7 Å². The van der Waals surface area contributed by atoms with Crippen molar-refractivity contribution in [3.05, 3.63) is 89.0 Å². The van der Waals surface area contributed by atoms with Crippen LogP contribution < -0.4 is 9.47 Å². The molecule has 0 atom stereocenters. The van der Waals surface area contributed by atoms with Crippen molar-refractivity contribution in [1.29, 1.82) is 0 Å². The Morgan fingerprint density at radius 1 is 0.769 bits per heavy atom. The molecule has 3 aromatic carbocycles. The number of hydrogen-bond acceptors (Lipinski definition) is 5. The van der Waals surface area contributed by atoms with Gasteiger partial charge in [0.15, 0.2) is 0 Å². The second-order valence-electron chi connectivity index (χ2n) is 5.31. The number of nitro benzene ring substituents is 1. The fraction of sp³-hybridized carbons (Fsp3) is 0.100. The van der Waals surface area contributed by atoms with Crippen molar-refractivity contribution in [3.63, 3.8) is 0 Å². The first kappa shape index (κ1) is 17.8. The number of benzene rings is 3. The van der Waals surface area contributed by atoms with Crippen LogP contribution in [0.5, 0.6) is 11.5 Å². The molecule has 0 saturated heterocycles. The summed E-state index contributed by atoms with van der Waals surface area (Å²) in [5, 5.41) is 11.1. The van der Waals surface area contributed by atoms with Crippen molar-refractivity contribution in [1.82, 2.24) is 0 Å². The summed E-state index contributed by atoms with van der Waals surface area (Å²) in [6.07, 6.45) is 0. The smallest absolute Gasteiger partial charge is 0.283 e. The fourth-order valence-corrected chi connectivity index (χ4v) is 3.18. The van der Waals surface area contributed by atoms with Crippen LogP contribution >= 0.6 is 11.8 Å². The standard InChI is InChI=1S/C20H17NO4S/c22-21(23)19-8-4-5-9-20(19)26-18-12-10-17(11-13-18)25-15-14-24-16-6-2-1-3-7-16/h1-13H,14-15H2. The lowest BCUT2D eigenvalue weighted by atomic mass is 10.3. The molecule has 0 aliphatic carbocycles. The minimum Gasteiger partial charge on any atom is -0.490 e. The summed E-state index contributed by atoms with van der Waals surface area (Å²) in [6.45, 7) is 0.891. The zero-order chi connectivity index (χ0) is 18.2. The van der Waals surface area contributed by atoms with Crippen LogP contribution in [0.2, 0.25) is 0 Å². The number of ether oxygens (including phenoxy) is 2. The Balaban J connectivity index is 1.51. The highest BCUT2D eigenvalue weighted by Gasteiger charge is 2.13. The van der Waals surface area contributed by atoms with E-state index < -0.39 is 0 Å². The van der Waals surface area contributed by atoms with E-state index in [1.165, 1.54) is 17.8 Å². The van der Waals surface area contributed by atoms with E-state index in [1.54, 1.807) is 18.2 Å². The lowest BCUT2D eigenvalue weighted by Crippen LogP contribution is -2.08. The molecule has 5 nitrogen and oxygen atoms in total. The van der Waals surface area contributed by atoms with Crippen LogP contribution in [0.15, 0.2) is 88.7 Å². The van der Waals surface area contributed by atoms with Gasteiger partial charge in [0, 0.05) is 11.0 Å². The molecule has 0 saturated carbocycles. The molecule has 0 amide bonds. The Bertz CT molecular complexity index is 853. The number of nitrogens with zero attached hydrogens (tertiary/aromatic N) is 1. The Labute approximate surface area is 155 Å². The van der Waals surface area contributed by atoms with E-state index in [0.29, 0.717) is 18.1 Å². The van der Waals surface area contributed by atoms with Crippen LogP contribution in [0.4, 0.5) is 5.69 Å². The van der Waals surface area contributed by atoms with E-state index >= 15 is 0 Å². The lowest BCUT2D eigenvalue weighted by molar-refractivity contribution is -0.387. The molecule has 0 fully saturated rings. The number of nitro groups is 1. The Morgan fingerprint density at radius 3 is 2.00 bits per heavy atom. The molecule has 0 aliphatic rings. The Morgan fingerprint density at radius 2 is 1.35 bits per heavy atom. The summed E-state index contributed by atoms with van der Waals surface area (Å²) in [7, 11) is 0. The van der Waals surface area contributed by atoms with Crippen LogP contribution in [0.25, 0.3) is 0 Å². The predicted molar refractivity (Wildman–Crippen MR) is 101 cm³/mol. The number of para-hydroxylation sites is 2. The topological polar surface area (TPSA) is 61.6 Å². The van der Waals surface area contributed by atoms with Gasteiger partial charge >= 0.3 is 0 Å². The first-order valence-electron chi connectivity index (χ1n) is 8.04. The van der Waals surface area contributed by atoms with E-state index in [9.17, 15) is 10.1 Å². The second-order valence-corrected chi connectivity index (χ2v) is 6.42. The summed E-state index contributed by atoms with van der Waals surface area (Å²) in [4.78, 5) is 12.2. The van der Waals surface area contributed by atoms with Crippen molar-refractivity contribution in [2.75, 3.05) is 13.2 Å². The van der Waals surface area contributed by atoms with Gasteiger partial charge in [-0.25, -0.2) is 0 Å². The van der Waals surface area contributed by atoms with E-state index in [1.807, 2.05) is 54.6 Å². The zero-order valence-corrected chi connectivity index (χ0v) is 14.7. The first-order chi connectivity index (χ1) is 12.7. The SMILES string of the molecule is O=[N+]([O-])c1ccccc1Sc1ccc(OCCOc2ccccc2)cc1. The van der Waals surface area contributed by atoms with Gasteiger partial charge in [-0.1, -0.05) is 42.1 Å². The Hall–Kier alpha value is -2.99. The maximum atomic E-state index is 11.1. The summed E-state index contributed by atoms with van der Waals surface area (Å²) < 4.78 is 11.2. The molecule has 6 heteroatoms. The largest absolute Gasteiger partial charge is 0.490 e. The van der Waals surface area contributed by atoms with Crippen LogP contribution in [0, 0.1) is 10.1 Å². The average Bonchev–Trinajstić information content (AvgIpc) is 2.67. The minimum absolute atomic E-state index is 0.107. The van der Waals surface area contributed by atoms with Crippen LogP contribution in [0.1, 0.15) is 0 Å². The molecule has 0 aliphatic heterocycles. The van der Waals surface area contributed by atoms with Gasteiger partial charge in [-0.3, -0.25) is 10.1 Å². The quantitative estimate of drug-likeness (QED) is 0.311. The predicted octanol–water partition coefficient (Wildman–Crippen LogP) is 5.20. The molecule has 132 valence electrons. The third kappa shape index (κ3) is 5.00. The van der Waals surface area contributed by atoms with E-state index in [2.05, 4.69) is 0 Å². The van der Waals surface area contributed by atoms with E-state index in [4.69, 9.17) is 9.47 Å². The molecular weight excluding hydrogens is 350 g/mol. The molecule has 3 aromatic rings. The molecule has 0 N–H and O–H groups in total. The molecule has 26 heavy (non-hydrogen) atoms. The van der Waals surface area contributed by atoms with Crippen molar-refractivity contribution in [2.45, 2.75) is 9.79 Å². The third-order valence-corrected chi connectivity index (χ3v) is 4.55. The molecule has 3 rings (SSSR count). The average molecular weight is 367 g/mol. The van der Waals surface area contributed by atoms with Gasteiger partial charge < -0.3 is 9.47 Å². The second kappa shape index (κ2) is 8.92. The monoisotopic (exact) mass is 367 g/mol. The van der Waals surface area contributed by atoms with Gasteiger partial charge in [-0.2, -0.15) is 0 Å². The van der Waals surface area contributed by atoms with Crippen LogP contribution in [-0.4, -0.2) is 18.1 Å². The molecule has 0 spiro atoms. The van der Waals surface area contributed by atoms with Crippen molar-refractivity contribution >= 4 is 17.4 Å². The van der Waals surface area contributed by atoms with Gasteiger partial charge in [-0.15, -0.1) is 0 Å². The lowest BCUT2D eigenvalue weighted by Gasteiger charge is -2.09. The molecule has 0 unspecified atom stereocenters. The molecule has 0 radical (unpaired) electrons. The van der Waals surface area contributed by atoms with Crippen molar-refractivity contribution in [2.24, 2.45) is 0 Å². The van der Waals surface area contributed by atoms with Gasteiger partial charge in [0.25, 0.3) is 5.69 Å². The van der Waals surface area contributed by atoms with E-state index in [0.717, 1.165) is 16.4 Å². The van der Waals surface area contributed by atoms with Gasteiger partial charge in [0.2, 0.25) is 0 Å². The van der Waals surface area contributed by atoms with Crippen molar-refractivity contribution in [3.8, 4) is 11.5 Å². The minimum atomic E-state index is -0.369. The van der Waals surface area contributed by atoms with Crippen molar-refractivity contribution < 1.29 is 14.4 Å². The first-order valence-corrected chi connectivity index (χ1v) is 8.86. The van der Waals surface area contributed by atoms with Gasteiger partial charge in [0.05, 0.1) is 9.82 Å². The maximum Gasteiger partial charge on any atom is 0.283 e. The van der Waals surface area contributed by atoms with Crippen LogP contribution in [0.3, 0.4) is 0 Å².